The lowest BCUT2D eigenvalue weighted by atomic mass is 10.0. The summed E-state index contributed by atoms with van der Waals surface area (Å²) >= 11 is 0. The number of ether oxygens (including phenoxy) is 1. The fraction of sp³-hybridized carbons (Fsp3) is 0.524. The van der Waals surface area contributed by atoms with Crippen LogP contribution in [0.5, 0.6) is 5.75 Å². The third-order valence-corrected chi connectivity index (χ3v) is 3.85. The number of fused-ring (bicyclic) bond motifs is 1. The van der Waals surface area contributed by atoms with Gasteiger partial charge in [-0.15, -0.1) is 0 Å². The number of methoxy groups -OCH3 is 1. The molecule has 0 unspecified atom stereocenters. The summed E-state index contributed by atoms with van der Waals surface area (Å²) in [4.78, 5) is 0. The molecular formula is C21H32O2. The zero-order valence-electron chi connectivity index (χ0n) is 15.1. The molecule has 0 aliphatic rings. The van der Waals surface area contributed by atoms with Crippen LogP contribution in [0.25, 0.3) is 10.8 Å². The lowest BCUT2D eigenvalue weighted by molar-refractivity contribution is 0.0680. The van der Waals surface area contributed by atoms with E-state index in [2.05, 4.69) is 25.1 Å². The van der Waals surface area contributed by atoms with E-state index in [-0.39, 0.29) is 0 Å². The minimum atomic E-state index is -0.452. The van der Waals surface area contributed by atoms with Crippen LogP contribution in [0.1, 0.15) is 59.3 Å². The zero-order chi connectivity index (χ0) is 17.1. The van der Waals surface area contributed by atoms with Gasteiger partial charge in [0, 0.05) is 0 Å². The van der Waals surface area contributed by atoms with Crippen molar-refractivity contribution in [1.82, 2.24) is 0 Å². The van der Waals surface area contributed by atoms with Crippen LogP contribution in [0, 0.1) is 0 Å². The van der Waals surface area contributed by atoms with Gasteiger partial charge in [0.2, 0.25) is 0 Å². The fourth-order valence-electron chi connectivity index (χ4n) is 2.46. The molecule has 0 heterocycles. The van der Waals surface area contributed by atoms with E-state index in [4.69, 9.17) is 4.74 Å². The van der Waals surface area contributed by atoms with Crippen LogP contribution in [-0.4, -0.2) is 17.8 Å². The van der Waals surface area contributed by atoms with Gasteiger partial charge < -0.3 is 9.84 Å². The molecule has 0 bridgehead atoms. The van der Waals surface area contributed by atoms with Crippen molar-refractivity contribution in [2.45, 2.75) is 64.9 Å². The summed E-state index contributed by atoms with van der Waals surface area (Å²) in [5.74, 6) is 0.911. The zero-order valence-corrected chi connectivity index (χ0v) is 15.1. The Hall–Kier alpha value is -1.54. The van der Waals surface area contributed by atoms with Crippen LogP contribution < -0.4 is 4.74 Å². The second-order valence-corrected chi connectivity index (χ2v) is 6.69. The largest absolute Gasteiger partial charge is 0.497 e. The highest BCUT2D eigenvalue weighted by Crippen LogP contribution is 2.19. The first-order valence-electron chi connectivity index (χ1n) is 8.71. The first-order valence-corrected chi connectivity index (χ1v) is 8.71. The maximum atomic E-state index is 9.37. The number of hydrogen-bond acceptors (Lipinski definition) is 2. The van der Waals surface area contributed by atoms with Gasteiger partial charge in [-0.25, -0.2) is 0 Å². The highest BCUT2D eigenvalue weighted by atomic mass is 16.5. The summed E-state index contributed by atoms with van der Waals surface area (Å²) in [6.07, 6.45) is 7.35. The third kappa shape index (κ3) is 8.61. The van der Waals surface area contributed by atoms with Crippen molar-refractivity contribution >= 4 is 10.8 Å². The minimum Gasteiger partial charge on any atom is -0.497 e. The Morgan fingerprint density at radius 1 is 0.913 bits per heavy atom. The maximum Gasteiger partial charge on any atom is 0.119 e. The van der Waals surface area contributed by atoms with E-state index in [1.165, 1.54) is 42.9 Å². The average molecular weight is 316 g/mol. The van der Waals surface area contributed by atoms with Crippen molar-refractivity contribution in [2.75, 3.05) is 7.11 Å². The highest BCUT2D eigenvalue weighted by molar-refractivity contribution is 5.83. The van der Waals surface area contributed by atoms with Gasteiger partial charge in [-0.3, -0.25) is 0 Å². The van der Waals surface area contributed by atoms with Gasteiger partial charge >= 0.3 is 0 Å². The molecule has 0 aliphatic heterocycles. The van der Waals surface area contributed by atoms with Gasteiger partial charge in [0.25, 0.3) is 0 Å². The molecule has 0 saturated heterocycles. The van der Waals surface area contributed by atoms with E-state index in [1.807, 2.05) is 38.1 Å². The molecule has 0 saturated carbocycles. The average Bonchev–Trinajstić information content (AvgIpc) is 2.54. The predicted molar refractivity (Wildman–Crippen MR) is 100 cm³/mol. The Morgan fingerprint density at radius 2 is 1.57 bits per heavy atom. The molecule has 128 valence electrons. The van der Waals surface area contributed by atoms with Crippen molar-refractivity contribution in [3.8, 4) is 5.75 Å². The number of benzene rings is 2. The van der Waals surface area contributed by atoms with Gasteiger partial charge in [0.15, 0.2) is 0 Å². The van der Waals surface area contributed by atoms with Crippen molar-refractivity contribution in [3.05, 3.63) is 42.5 Å². The van der Waals surface area contributed by atoms with Gasteiger partial charge in [-0.05, 0) is 43.2 Å². The lowest BCUT2D eigenvalue weighted by Gasteiger charge is -2.16. The number of rotatable bonds is 7. The fourth-order valence-corrected chi connectivity index (χ4v) is 2.46. The summed E-state index contributed by atoms with van der Waals surface area (Å²) in [5.41, 5.74) is -0.452. The van der Waals surface area contributed by atoms with E-state index in [9.17, 15) is 5.11 Å². The van der Waals surface area contributed by atoms with E-state index < -0.39 is 5.60 Å². The molecule has 0 spiro atoms. The molecule has 0 fully saturated rings. The van der Waals surface area contributed by atoms with E-state index in [0.717, 1.165) is 12.2 Å². The smallest absolute Gasteiger partial charge is 0.119 e. The van der Waals surface area contributed by atoms with Crippen LogP contribution in [-0.2, 0) is 0 Å². The van der Waals surface area contributed by atoms with Gasteiger partial charge in [-0.2, -0.15) is 0 Å². The molecule has 2 aromatic carbocycles. The molecule has 2 rings (SSSR count). The van der Waals surface area contributed by atoms with E-state index in [1.54, 1.807) is 7.11 Å². The molecule has 1 N–H and O–H groups in total. The van der Waals surface area contributed by atoms with Crippen LogP contribution in [0.3, 0.4) is 0 Å². The van der Waals surface area contributed by atoms with Gasteiger partial charge in [0.1, 0.15) is 5.75 Å². The Kier molecular flexibility index (Phi) is 8.71. The maximum absolute atomic E-state index is 9.37. The number of aliphatic hydroxyl groups is 1. The van der Waals surface area contributed by atoms with Crippen LogP contribution in [0.15, 0.2) is 42.5 Å². The molecule has 2 nitrogen and oxygen atoms in total. The molecule has 0 aliphatic carbocycles. The first-order chi connectivity index (χ1) is 11.0. The van der Waals surface area contributed by atoms with Gasteiger partial charge in [0.05, 0.1) is 12.7 Å². The Morgan fingerprint density at radius 3 is 2.17 bits per heavy atom. The normalized spacial score (nSPS) is 11.0. The van der Waals surface area contributed by atoms with Crippen LogP contribution in [0.4, 0.5) is 0 Å². The molecule has 0 amide bonds. The third-order valence-electron chi connectivity index (χ3n) is 3.85. The molecule has 23 heavy (non-hydrogen) atoms. The van der Waals surface area contributed by atoms with Crippen LogP contribution in [0.2, 0.25) is 0 Å². The predicted octanol–water partition coefficient (Wildman–Crippen LogP) is 5.97. The van der Waals surface area contributed by atoms with Crippen molar-refractivity contribution in [3.63, 3.8) is 0 Å². The topological polar surface area (TPSA) is 29.5 Å². The molecule has 0 radical (unpaired) electrons. The summed E-state index contributed by atoms with van der Waals surface area (Å²) in [6, 6.07) is 14.3. The van der Waals surface area contributed by atoms with Crippen molar-refractivity contribution < 1.29 is 9.84 Å². The highest BCUT2D eigenvalue weighted by Gasteiger charge is 2.10. The second kappa shape index (κ2) is 10.3. The summed E-state index contributed by atoms with van der Waals surface area (Å²) in [7, 11) is 1.68. The SMILES string of the molecule is CCCCCCCC(C)(C)O.COc1ccc2ccccc2c1. The van der Waals surface area contributed by atoms with Crippen molar-refractivity contribution in [2.24, 2.45) is 0 Å². The molecule has 0 atom stereocenters. The number of hydrogen-bond donors (Lipinski definition) is 1. The monoisotopic (exact) mass is 316 g/mol. The molecular weight excluding hydrogens is 284 g/mol. The standard InChI is InChI=1S/C11H10O.C10H22O/c1-12-11-7-6-9-4-2-3-5-10(9)8-11;1-4-5-6-7-8-9-10(2,3)11/h2-8H,1H3;11H,4-9H2,1-3H3. The first kappa shape index (κ1) is 19.5. The molecule has 2 aromatic rings. The molecule has 2 heteroatoms. The van der Waals surface area contributed by atoms with E-state index >= 15 is 0 Å². The lowest BCUT2D eigenvalue weighted by Crippen LogP contribution is -2.17. The summed E-state index contributed by atoms with van der Waals surface area (Å²) in [6.45, 7) is 5.98. The Balaban J connectivity index is 0.000000232. The molecule has 0 aromatic heterocycles. The Labute approximate surface area is 141 Å². The number of unbranched alkanes of at least 4 members (excludes halogenated alkanes) is 4. The second-order valence-electron chi connectivity index (χ2n) is 6.69. The van der Waals surface area contributed by atoms with Crippen LogP contribution >= 0.6 is 0 Å². The summed E-state index contributed by atoms with van der Waals surface area (Å²) < 4.78 is 5.12. The summed E-state index contributed by atoms with van der Waals surface area (Å²) in [5, 5.41) is 11.8. The van der Waals surface area contributed by atoms with Gasteiger partial charge in [-0.1, -0.05) is 69.4 Å². The quantitative estimate of drug-likeness (QED) is 0.638. The minimum absolute atomic E-state index is 0.452. The van der Waals surface area contributed by atoms with Crippen molar-refractivity contribution in [1.29, 1.82) is 0 Å². The van der Waals surface area contributed by atoms with E-state index in [0.29, 0.717) is 0 Å². The Bertz CT molecular complexity index is 555.